The molecule has 4 amide bonds. The summed E-state index contributed by atoms with van der Waals surface area (Å²) in [5.41, 5.74) is 6.05. The Morgan fingerprint density at radius 2 is 1.71 bits per heavy atom. The molecule has 3 aliphatic rings. The van der Waals surface area contributed by atoms with Gasteiger partial charge in [-0.05, 0) is 31.6 Å². The predicted octanol–water partition coefficient (Wildman–Crippen LogP) is -0.759. The summed E-state index contributed by atoms with van der Waals surface area (Å²) in [7, 11) is -17.0. The monoisotopic (exact) mass is 899 g/mol. The van der Waals surface area contributed by atoms with Crippen LogP contribution in [0.1, 0.15) is 63.3 Å². The normalized spacial score (nSPS) is 26.2. The highest BCUT2D eigenvalue weighted by Crippen LogP contribution is 2.66. The number of ether oxygens (including phenoxy) is 1. The van der Waals surface area contributed by atoms with E-state index in [1.165, 1.54) is 0 Å². The fourth-order valence-corrected chi connectivity index (χ4v) is 10.9. The predicted molar refractivity (Wildman–Crippen MR) is 201 cm³/mol. The lowest BCUT2D eigenvalue weighted by atomic mass is 10.0. The molecule has 322 valence electrons. The van der Waals surface area contributed by atoms with Gasteiger partial charge in [0, 0.05) is 30.4 Å². The second kappa shape index (κ2) is 19.9. The molecule has 25 nitrogen and oxygen atoms in total. The van der Waals surface area contributed by atoms with Crippen LogP contribution in [0.15, 0.2) is 6.33 Å². The van der Waals surface area contributed by atoms with Crippen molar-refractivity contribution in [3.05, 3.63) is 12.0 Å². The van der Waals surface area contributed by atoms with Gasteiger partial charge >= 0.3 is 29.5 Å². The van der Waals surface area contributed by atoms with Crippen molar-refractivity contribution in [2.24, 2.45) is 0 Å². The largest absolute Gasteiger partial charge is 0.490 e. The molecule has 29 heteroatoms. The third-order valence-electron chi connectivity index (χ3n) is 8.98. The summed E-state index contributed by atoms with van der Waals surface area (Å²) >= 11 is 1.85. The van der Waals surface area contributed by atoms with E-state index < -0.39 is 54.6 Å². The maximum atomic E-state index is 12.4. The average Bonchev–Trinajstić information content (AvgIpc) is 3.86. The van der Waals surface area contributed by atoms with E-state index in [1.807, 2.05) is 11.8 Å². The van der Waals surface area contributed by atoms with Crippen molar-refractivity contribution in [2.75, 3.05) is 31.2 Å². The van der Waals surface area contributed by atoms with Gasteiger partial charge in [-0.25, -0.2) is 33.1 Å². The number of nitrogens with two attached hydrogens (primary N) is 1. The first-order valence-corrected chi connectivity index (χ1v) is 23.4. The number of nitrogen functional groups attached to an aromatic ring is 1. The number of hydrogen-bond donors (Lipinski definition) is 11. The number of unbranched alkanes of at least 4 members (excludes halogenated alkanes) is 3. The van der Waals surface area contributed by atoms with E-state index in [0.29, 0.717) is 37.5 Å². The van der Waals surface area contributed by atoms with Crippen molar-refractivity contribution in [2.45, 2.75) is 93.2 Å². The first kappa shape index (κ1) is 45.8. The van der Waals surface area contributed by atoms with Gasteiger partial charge < -0.3 is 61.5 Å². The van der Waals surface area contributed by atoms with Gasteiger partial charge in [-0.2, -0.15) is 25.5 Å². The molecule has 0 aromatic carbocycles. The number of urea groups is 1. The summed E-state index contributed by atoms with van der Waals surface area (Å²) in [6.45, 7) is -0.626. The molecule has 5 heterocycles. The quantitative estimate of drug-likeness (QED) is 0.0337. The number of carbonyl (C=O) groups excluding carboxylic acids is 3. The number of aromatic nitrogens is 4. The lowest BCUT2D eigenvalue weighted by Gasteiger charge is -2.19. The fourth-order valence-electron chi connectivity index (χ4n) is 6.34. The van der Waals surface area contributed by atoms with Gasteiger partial charge in [0.15, 0.2) is 11.9 Å². The van der Waals surface area contributed by atoms with Gasteiger partial charge in [0.25, 0.3) is 0 Å². The highest BCUT2D eigenvalue weighted by molar-refractivity contribution is 8.00. The molecular weight excluding hydrogens is 855 g/mol. The molecule has 3 unspecified atom stereocenters. The highest BCUT2D eigenvalue weighted by atomic mass is 32.2. The number of carbonyl (C=O) groups is 3. The molecule has 9 atom stereocenters. The molecule has 12 N–H and O–H groups in total. The summed E-state index contributed by atoms with van der Waals surface area (Å²) in [5.74, 6) is 6.05. The Morgan fingerprint density at radius 1 is 0.983 bits per heavy atom. The van der Waals surface area contributed by atoms with Crippen LogP contribution in [-0.2, 0) is 41.2 Å². The van der Waals surface area contributed by atoms with Gasteiger partial charge in [0.05, 0.1) is 30.6 Å². The van der Waals surface area contributed by atoms with Crippen molar-refractivity contribution in [1.29, 1.82) is 0 Å². The number of fused-ring (bicyclic) bond motifs is 2. The molecule has 0 spiro atoms. The summed E-state index contributed by atoms with van der Waals surface area (Å²) < 4.78 is 53.0. The van der Waals surface area contributed by atoms with Crippen LogP contribution in [0.3, 0.4) is 0 Å². The Bertz CT molecular complexity index is 2030. The van der Waals surface area contributed by atoms with Crippen LogP contribution in [0.25, 0.3) is 11.0 Å². The van der Waals surface area contributed by atoms with E-state index in [0.717, 1.165) is 36.0 Å². The van der Waals surface area contributed by atoms with Crippen molar-refractivity contribution in [1.82, 2.24) is 41.0 Å². The van der Waals surface area contributed by atoms with Crippen LogP contribution >= 0.6 is 35.2 Å². The zero-order valence-electron chi connectivity index (χ0n) is 30.5. The summed E-state index contributed by atoms with van der Waals surface area (Å²) in [5, 5.41) is 37.5. The Hall–Kier alpha value is -3.24. The molecule has 0 saturated carbocycles. The lowest BCUT2D eigenvalue weighted by molar-refractivity contribution is -0.122. The third kappa shape index (κ3) is 12.9. The number of nitrogens with one attached hydrogen (secondary N) is 4. The van der Waals surface area contributed by atoms with Crippen LogP contribution in [0.5, 0.6) is 0 Å². The number of anilines is 1. The minimum absolute atomic E-state index is 0.00228. The molecule has 2 aromatic heterocycles. The van der Waals surface area contributed by atoms with E-state index >= 15 is 0 Å². The zero-order valence-corrected chi connectivity index (χ0v) is 34.0. The molecule has 0 aliphatic carbocycles. The number of thioether (sulfide) groups is 1. The third-order valence-corrected chi connectivity index (χ3v) is 14.3. The fraction of sp³-hybridized carbons (Fsp3) is 0.655. The Balaban J connectivity index is 1.02. The molecule has 3 aliphatic heterocycles. The molecular formula is C29H44N9O16P3S. The SMILES string of the molecule is Nc1ncnc2c1c(C#CCNC(=O)CCCCCNC(=O)CCCCC1SC[C@@H]3NC(=O)N[C@H]13)nn2[C@H]1O[C@H](COP(=O)(O)OP(=O)(O)OP(=O)(O)O)[C@@H](O)[C@H]1O. The molecule has 3 fully saturated rings. The van der Waals surface area contributed by atoms with Crippen molar-refractivity contribution in [3.63, 3.8) is 0 Å². The molecule has 3 saturated heterocycles. The van der Waals surface area contributed by atoms with Gasteiger partial charge in [-0.1, -0.05) is 18.8 Å². The van der Waals surface area contributed by atoms with E-state index in [-0.39, 0.29) is 65.4 Å². The number of phosphoric ester groups is 1. The number of rotatable bonds is 20. The first-order chi connectivity index (χ1) is 27.3. The Kier molecular flexibility index (Phi) is 15.7. The minimum atomic E-state index is -5.80. The summed E-state index contributed by atoms with van der Waals surface area (Å²) in [4.78, 5) is 80.5. The zero-order chi connectivity index (χ0) is 42.3. The molecule has 0 radical (unpaired) electrons. The summed E-state index contributed by atoms with van der Waals surface area (Å²) in [6.07, 6.45) is -0.348. The topological polar surface area (TPSA) is 378 Å². The average molecular weight is 900 g/mol. The smallest absolute Gasteiger partial charge is 0.387 e. The van der Waals surface area contributed by atoms with Crippen LogP contribution in [0.2, 0.25) is 0 Å². The second-order valence-corrected chi connectivity index (χ2v) is 19.0. The van der Waals surface area contributed by atoms with E-state index in [2.05, 4.69) is 61.3 Å². The van der Waals surface area contributed by atoms with E-state index in [9.17, 15) is 48.1 Å². The minimum Gasteiger partial charge on any atom is -0.387 e. The number of aliphatic hydroxyl groups excluding tert-OH is 2. The number of nitrogens with zero attached hydrogens (tertiary/aromatic N) is 4. The number of amides is 4. The van der Waals surface area contributed by atoms with Crippen LogP contribution in [0, 0.1) is 11.8 Å². The van der Waals surface area contributed by atoms with Crippen LogP contribution < -0.4 is 27.0 Å². The van der Waals surface area contributed by atoms with Crippen molar-refractivity contribution >= 4 is 69.9 Å². The molecule has 5 rings (SSSR count). The van der Waals surface area contributed by atoms with Crippen LogP contribution in [-0.4, -0.2) is 128 Å². The number of aliphatic hydroxyl groups is 2. The van der Waals surface area contributed by atoms with Gasteiger partial charge in [0.1, 0.15) is 36.2 Å². The second-order valence-electron chi connectivity index (χ2n) is 13.3. The molecule has 2 aromatic rings. The maximum absolute atomic E-state index is 12.4. The lowest BCUT2D eigenvalue weighted by Crippen LogP contribution is -2.36. The van der Waals surface area contributed by atoms with Crippen LogP contribution in [0.4, 0.5) is 10.6 Å². The van der Waals surface area contributed by atoms with Gasteiger partial charge in [-0.15, -0.1) is 0 Å². The standard InChI is InChI=1S/C29H44N9O16P3S/c30-26-22-16(7-6-12-32-20(39)9-2-1-5-11-31-21(40)10-4-3-8-19-23-17(14-58-19)35-29(43)36-23)37-38(27(22)34-15-33-26)28-25(42)24(41)18(52-28)13-51-56(47,48)54-57(49,50)53-55(44,45)46/h15,17-19,23-25,28,41-42H,1-5,8-14H2,(H,31,40)(H,32,39)(H,47,48)(H,49,50)(H2,30,33,34)(H2,35,36,43)(H2,44,45,46)/t17-,18+,19?,23-,24+,25+,28-/m0/s1. The van der Waals surface area contributed by atoms with Gasteiger partial charge in [-0.3, -0.25) is 14.1 Å². The first-order valence-electron chi connectivity index (χ1n) is 17.8. The van der Waals surface area contributed by atoms with Crippen molar-refractivity contribution < 1.29 is 75.7 Å². The van der Waals surface area contributed by atoms with E-state index in [1.54, 1.807) is 0 Å². The highest BCUT2D eigenvalue weighted by Gasteiger charge is 2.48. The number of phosphoric acid groups is 3. The van der Waals surface area contributed by atoms with Crippen molar-refractivity contribution in [3.8, 4) is 11.8 Å². The Morgan fingerprint density at radius 3 is 2.45 bits per heavy atom. The number of hydrogen-bond acceptors (Lipinski definition) is 17. The molecule has 58 heavy (non-hydrogen) atoms. The van der Waals surface area contributed by atoms with E-state index in [4.69, 9.17) is 20.3 Å². The summed E-state index contributed by atoms with van der Waals surface area (Å²) in [6, 6.07) is 0.232. The van der Waals surface area contributed by atoms with Gasteiger partial charge in [0.2, 0.25) is 11.8 Å². The molecule has 0 bridgehead atoms. The maximum Gasteiger partial charge on any atom is 0.490 e. The Labute approximate surface area is 334 Å².